The van der Waals surface area contributed by atoms with Crippen LogP contribution in [0.3, 0.4) is 0 Å². The van der Waals surface area contributed by atoms with Gasteiger partial charge < -0.3 is 30.1 Å². The molecule has 1 fully saturated rings. The lowest BCUT2D eigenvalue weighted by molar-refractivity contribution is -0.152. The molecule has 0 saturated carbocycles. The summed E-state index contributed by atoms with van der Waals surface area (Å²) in [6, 6.07) is -0.893. The van der Waals surface area contributed by atoms with Gasteiger partial charge in [0.15, 0.2) is 5.69 Å². The van der Waals surface area contributed by atoms with Crippen LogP contribution in [0.15, 0.2) is 12.3 Å². The van der Waals surface area contributed by atoms with Crippen molar-refractivity contribution in [2.75, 3.05) is 18.5 Å². The van der Waals surface area contributed by atoms with Crippen LogP contribution < -0.4 is 10.1 Å². The topological polar surface area (TPSA) is 148 Å². The van der Waals surface area contributed by atoms with Gasteiger partial charge in [0, 0.05) is 6.07 Å². The van der Waals surface area contributed by atoms with Crippen LogP contribution in [0.1, 0.15) is 32.2 Å². The van der Waals surface area contributed by atoms with Crippen molar-refractivity contribution in [3.63, 3.8) is 0 Å². The zero-order chi connectivity index (χ0) is 23.7. The first-order chi connectivity index (χ1) is 14.9. The van der Waals surface area contributed by atoms with E-state index in [2.05, 4.69) is 25.6 Å². The minimum Gasteiger partial charge on any atom is -0.457 e. The summed E-state index contributed by atoms with van der Waals surface area (Å²) in [5.74, 6) is -0.289. The normalized spacial score (nSPS) is 24.4. The number of aliphatic hydroxyl groups excluding tert-OH is 3. The summed E-state index contributed by atoms with van der Waals surface area (Å²) in [5, 5.41) is 39.8. The van der Waals surface area contributed by atoms with Crippen molar-refractivity contribution in [3.8, 4) is 6.01 Å². The summed E-state index contributed by atoms with van der Waals surface area (Å²) in [6.45, 7) is 4.80. The summed E-state index contributed by atoms with van der Waals surface area (Å²) < 4.78 is 52.1. The molecule has 4 atom stereocenters. The Labute approximate surface area is 181 Å². The van der Waals surface area contributed by atoms with E-state index in [0.717, 1.165) is 0 Å². The largest absolute Gasteiger partial charge is 0.457 e. The van der Waals surface area contributed by atoms with E-state index in [1.54, 1.807) is 10.9 Å². The molecule has 1 aliphatic heterocycles. The third kappa shape index (κ3) is 5.62. The number of hydrogen-bond acceptors (Lipinski definition) is 10. The lowest BCUT2D eigenvalue weighted by atomic mass is 9.98. The van der Waals surface area contributed by atoms with Gasteiger partial charge in [-0.15, -0.1) is 5.10 Å². The van der Waals surface area contributed by atoms with E-state index in [-0.39, 0.29) is 24.6 Å². The molecule has 1 aliphatic rings. The molecule has 3 rings (SSSR count). The Hall–Kier alpha value is -2.55. The molecule has 0 unspecified atom stereocenters. The molecule has 1 saturated heterocycles. The molecule has 11 nitrogen and oxygen atoms in total. The van der Waals surface area contributed by atoms with Gasteiger partial charge in [0.1, 0.15) is 36.4 Å². The summed E-state index contributed by atoms with van der Waals surface area (Å²) in [6.07, 6.45) is -7.03. The number of nitrogens with zero attached hydrogens (tertiary/aromatic N) is 5. The summed E-state index contributed by atoms with van der Waals surface area (Å²) in [4.78, 5) is 7.31. The highest BCUT2D eigenvalue weighted by atomic mass is 19.4. The van der Waals surface area contributed by atoms with Gasteiger partial charge >= 0.3 is 12.2 Å². The molecule has 3 heterocycles. The summed E-state index contributed by atoms with van der Waals surface area (Å²) in [7, 11) is 0. The van der Waals surface area contributed by atoms with Crippen LogP contribution in [0.25, 0.3) is 0 Å². The molecule has 178 valence electrons. The van der Waals surface area contributed by atoms with E-state index in [4.69, 9.17) is 14.6 Å². The van der Waals surface area contributed by atoms with Crippen LogP contribution in [0, 0.1) is 0 Å². The Morgan fingerprint density at radius 1 is 1.22 bits per heavy atom. The maximum atomic E-state index is 13.3. The van der Waals surface area contributed by atoms with Crippen LogP contribution in [0.5, 0.6) is 6.01 Å². The Kier molecular flexibility index (Phi) is 6.88. The Morgan fingerprint density at radius 3 is 2.53 bits per heavy atom. The molecular formula is C18H25F3N6O5. The molecule has 0 aromatic carbocycles. The van der Waals surface area contributed by atoms with Crippen molar-refractivity contribution >= 4 is 5.82 Å². The monoisotopic (exact) mass is 462 g/mol. The van der Waals surface area contributed by atoms with E-state index >= 15 is 0 Å². The number of halogens is 3. The molecule has 0 aliphatic carbocycles. The second-order valence-corrected chi connectivity index (χ2v) is 8.32. The molecular weight excluding hydrogens is 437 g/mol. The van der Waals surface area contributed by atoms with E-state index in [9.17, 15) is 23.4 Å². The molecule has 2 aromatic heterocycles. The molecule has 0 radical (unpaired) electrons. The fourth-order valence-corrected chi connectivity index (χ4v) is 2.90. The van der Waals surface area contributed by atoms with Crippen molar-refractivity contribution in [1.29, 1.82) is 0 Å². The summed E-state index contributed by atoms with van der Waals surface area (Å²) in [5.41, 5.74) is -1.23. The highest BCUT2D eigenvalue weighted by Gasteiger charge is 2.39. The summed E-state index contributed by atoms with van der Waals surface area (Å²) >= 11 is 0. The van der Waals surface area contributed by atoms with Crippen LogP contribution in [-0.2, 0) is 23.1 Å². The maximum Gasteiger partial charge on any atom is 0.433 e. The SMILES string of the molecule is CC(C)(C)n1cc(COc2nc(N[C@H]3CO[C@H](CO)[C@H](O)[C@@H]3O)cc(C(F)(F)F)n2)nn1. The molecule has 14 heteroatoms. The lowest BCUT2D eigenvalue weighted by Crippen LogP contribution is -2.56. The first-order valence-electron chi connectivity index (χ1n) is 9.74. The van der Waals surface area contributed by atoms with Gasteiger partial charge in [-0.25, -0.2) is 4.68 Å². The van der Waals surface area contributed by atoms with Crippen LogP contribution >= 0.6 is 0 Å². The molecule has 32 heavy (non-hydrogen) atoms. The zero-order valence-electron chi connectivity index (χ0n) is 17.6. The fourth-order valence-electron chi connectivity index (χ4n) is 2.90. The number of aliphatic hydroxyl groups is 3. The van der Waals surface area contributed by atoms with E-state index in [0.29, 0.717) is 11.8 Å². The number of nitrogens with one attached hydrogen (secondary N) is 1. The first-order valence-corrected chi connectivity index (χ1v) is 9.74. The number of alkyl halides is 3. The highest BCUT2D eigenvalue weighted by Crippen LogP contribution is 2.31. The zero-order valence-corrected chi connectivity index (χ0v) is 17.6. The average Bonchev–Trinajstić information content (AvgIpc) is 3.19. The number of anilines is 1. The standard InChI is InChI=1S/C18H25F3N6O5/c1-17(2,3)27-5-9(25-26-27)7-32-16-23-12(18(19,20)21)4-13(24-16)22-10-8-31-11(6-28)15(30)14(10)29/h4-5,10-11,14-15,28-30H,6-8H2,1-3H3,(H,22,23,24)/t10-,11+,14+,15-/m0/s1. The van der Waals surface area contributed by atoms with Crippen molar-refractivity contribution < 1.29 is 38.0 Å². The maximum absolute atomic E-state index is 13.3. The number of ether oxygens (including phenoxy) is 2. The van der Waals surface area contributed by atoms with Crippen molar-refractivity contribution in [2.24, 2.45) is 0 Å². The quantitative estimate of drug-likeness (QED) is 0.473. The van der Waals surface area contributed by atoms with Crippen molar-refractivity contribution in [3.05, 3.63) is 23.7 Å². The Balaban J connectivity index is 1.77. The third-order valence-electron chi connectivity index (χ3n) is 4.72. The van der Waals surface area contributed by atoms with Gasteiger partial charge in [-0.05, 0) is 20.8 Å². The average molecular weight is 462 g/mol. The molecule has 0 spiro atoms. The Bertz CT molecular complexity index is 919. The predicted molar refractivity (Wildman–Crippen MR) is 103 cm³/mol. The van der Waals surface area contributed by atoms with Gasteiger partial charge in [-0.2, -0.15) is 23.1 Å². The van der Waals surface area contributed by atoms with Gasteiger partial charge in [-0.3, -0.25) is 0 Å². The molecule has 2 aromatic rings. The van der Waals surface area contributed by atoms with E-state index < -0.39 is 48.8 Å². The van der Waals surface area contributed by atoms with Crippen LogP contribution in [0.2, 0.25) is 0 Å². The number of hydrogen-bond donors (Lipinski definition) is 4. The molecule has 0 amide bonds. The lowest BCUT2D eigenvalue weighted by Gasteiger charge is -2.37. The van der Waals surface area contributed by atoms with Gasteiger partial charge in [-0.1, -0.05) is 5.21 Å². The van der Waals surface area contributed by atoms with E-state index in [1.807, 2.05) is 20.8 Å². The number of aromatic nitrogens is 5. The number of rotatable bonds is 6. The molecule has 0 bridgehead atoms. The first kappa shape index (κ1) is 24.1. The van der Waals surface area contributed by atoms with Crippen LogP contribution in [-0.4, -0.2) is 77.8 Å². The van der Waals surface area contributed by atoms with Gasteiger partial charge in [0.25, 0.3) is 0 Å². The molecule has 4 N–H and O–H groups in total. The van der Waals surface area contributed by atoms with Crippen molar-refractivity contribution in [2.45, 2.75) is 63.4 Å². The van der Waals surface area contributed by atoms with Crippen molar-refractivity contribution in [1.82, 2.24) is 25.0 Å². The second-order valence-electron chi connectivity index (χ2n) is 8.32. The van der Waals surface area contributed by atoms with E-state index in [1.165, 1.54) is 0 Å². The minimum absolute atomic E-state index is 0.180. The third-order valence-corrected chi connectivity index (χ3v) is 4.72. The smallest absolute Gasteiger partial charge is 0.433 e. The Morgan fingerprint density at radius 2 is 1.94 bits per heavy atom. The highest BCUT2D eigenvalue weighted by molar-refractivity contribution is 5.40. The predicted octanol–water partition coefficient (Wildman–Crippen LogP) is 0.314. The second kappa shape index (κ2) is 9.13. The van der Waals surface area contributed by atoms with Gasteiger partial charge in [0.2, 0.25) is 0 Å². The van der Waals surface area contributed by atoms with Crippen LogP contribution in [0.4, 0.5) is 19.0 Å². The minimum atomic E-state index is -4.78. The van der Waals surface area contributed by atoms with Gasteiger partial charge in [0.05, 0.1) is 31.0 Å². The fraction of sp³-hybridized carbons (Fsp3) is 0.667.